The maximum absolute atomic E-state index is 13.4. The number of benzene rings is 1. The maximum atomic E-state index is 13.4. The van der Waals surface area contributed by atoms with Gasteiger partial charge in [-0.05, 0) is 58.1 Å². The van der Waals surface area contributed by atoms with E-state index < -0.39 is 17.6 Å². The second kappa shape index (κ2) is 10.1. The third-order valence-electron chi connectivity index (χ3n) is 5.32. The average Bonchev–Trinajstić information content (AvgIpc) is 3.09. The lowest BCUT2D eigenvalue weighted by Crippen LogP contribution is -2.39. The Balaban J connectivity index is 2.04. The van der Waals surface area contributed by atoms with Crippen molar-refractivity contribution in [2.45, 2.75) is 59.6 Å². The predicted molar refractivity (Wildman–Crippen MR) is 132 cm³/mol. The van der Waals surface area contributed by atoms with E-state index in [2.05, 4.69) is 23.5 Å². The summed E-state index contributed by atoms with van der Waals surface area (Å²) in [5.74, 6) is -0.501. The number of hydrogen-bond donors (Lipinski definition) is 1. The van der Waals surface area contributed by atoms with Gasteiger partial charge in [-0.2, -0.15) is 0 Å². The molecule has 7 nitrogen and oxygen atoms in total. The van der Waals surface area contributed by atoms with Crippen LogP contribution in [0.5, 0.6) is 0 Å². The van der Waals surface area contributed by atoms with Gasteiger partial charge < -0.3 is 19.7 Å². The molecule has 178 valence electrons. The van der Waals surface area contributed by atoms with Gasteiger partial charge in [0.15, 0.2) is 5.17 Å². The topological polar surface area (TPSA) is 80.2 Å². The highest BCUT2D eigenvalue weighted by Gasteiger charge is 2.42. The van der Waals surface area contributed by atoms with Gasteiger partial charge in [0.05, 0.1) is 30.3 Å². The largest absolute Gasteiger partial charge is 0.456 e. The average molecular weight is 472 g/mol. The number of amides is 1. The zero-order valence-electron chi connectivity index (χ0n) is 20.4. The molecule has 8 heteroatoms. The number of nitrogens with zero attached hydrogens (tertiary/aromatic N) is 2. The van der Waals surface area contributed by atoms with Crippen LogP contribution < -0.4 is 5.32 Å². The van der Waals surface area contributed by atoms with E-state index in [1.54, 1.807) is 7.11 Å². The third-order valence-corrected chi connectivity index (χ3v) is 6.21. The minimum Gasteiger partial charge on any atom is -0.456 e. The van der Waals surface area contributed by atoms with Crippen LogP contribution in [0.3, 0.4) is 0 Å². The molecule has 0 saturated heterocycles. The molecule has 1 aromatic rings. The standard InChI is InChI=1S/C25H33N3O4S/c1-15-8-9-16(2)19(12-15)22-21(23(30)32-25(4,5)6)17(3)27-24-28(22)18(14-33-24)13-20(29)26-10-11-31-7/h8-9,12,14,22H,10-11,13H2,1-7H3,(H,26,29). The number of methoxy groups -OCH3 is 1. The number of rotatable bonds is 7. The summed E-state index contributed by atoms with van der Waals surface area (Å²) in [6, 6.07) is 5.78. The summed E-state index contributed by atoms with van der Waals surface area (Å²) < 4.78 is 10.8. The van der Waals surface area contributed by atoms with Crippen molar-refractivity contribution in [2.24, 2.45) is 4.99 Å². The summed E-state index contributed by atoms with van der Waals surface area (Å²) in [5.41, 5.74) is 4.44. The Hall–Kier alpha value is -2.58. The second-order valence-electron chi connectivity index (χ2n) is 9.27. The number of hydrogen-bond acceptors (Lipinski definition) is 7. The molecule has 1 unspecified atom stereocenters. The number of fused-ring (bicyclic) bond motifs is 1. The van der Waals surface area contributed by atoms with Gasteiger partial charge in [0.1, 0.15) is 5.60 Å². The molecular formula is C25H33N3O4S. The quantitative estimate of drug-likeness (QED) is 0.470. The van der Waals surface area contributed by atoms with E-state index in [1.807, 2.05) is 51.9 Å². The van der Waals surface area contributed by atoms with Crippen molar-refractivity contribution in [1.82, 2.24) is 10.2 Å². The number of allylic oxidation sites excluding steroid dienone is 1. The van der Waals surface area contributed by atoms with Gasteiger partial charge >= 0.3 is 5.97 Å². The number of aliphatic imine (C=N–C) groups is 1. The molecule has 0 aliphatic carbocycles. The first kappa shape index (κ1) is 25.1. The van der Waals surface area contributed by atoms with E-state index in [0.29, 0.717) is 24.4 Å². The zero-order chi connectivity index (χ0) is 24.3. The van der Waals surface area contributed by atoms with E-state index in [-0.39, 0.29) is 12.3 Å². The van der Waals surface area contributed by atoms with Crippen molar-refractivity contribution in [2.75, 3.05) is 20.3 Å². The predicted octanol–water partition coefficient (Wildman–Crippen LogP) is 4.37. The Morgan fingerprint density at radius 3 is 2.61 bits per heavy atom. The van der Waals surface area contributed by atoms with Gasteiger partial charge in [0, 0.05) is 19.4 Å². The van der Waals surface area contributed by atoms with E-state index in [4.69, 9.17) is 14.5 Å². The van der Waals surface area contributed by atoms with Crippen molar-refractivity contribution in [3.05, 3.63) is 57.3 Å². The van der Waals surface area contributed by atoms with Crippen molar-refractivity contribution in [3.8, 4) is 0 Å². The molecule has 0 aromatic heterocycles. The van der Waals surface area contributed by atoms with Crippen LogP contribution in [0.2, 0.25) is 0 Å². The van der Waals surface area contributed by atoms with Gasteiger partial charge in [-0.1, -0.05) is 35.5 Å². The molecule has 0 saturated carbocycles. The van der Waals surface area contributed by atoms with Gasteiger partial charge in [-0.15, -0.1) is 0 Å². The fourth-order valence-corrected chi connectivity index (χ4v) is 4.80. The summed E-state index contributed by atoms with van der Waals surface area (Å²) in [5, 5.41) is 5.57. The first-order chi connectivity index (χ1) is 15.5. The molecule has 2 heterocycles. The van der Waals surface area contributed by atoms with Crippen molar-refractivity contribution in [3.63, 3.8) is 0 Å². The monoisotopic (exact) mass is 471 g/mol. The number of aryl methyl sites for hydroxylation is 2. The molecule has 1 amide bonds. The zero-order valence-corrected chi connectivity index (χ0v) is 21.3. The number of amidine groups is 1. The third kappa shape index (κ3) is 5.86. The van der Waals surface area contributed by atoms with Crippen LogP contribution >= 0.6 is 11.8 Å². The lowest BCUT2D eigenvalue weighted by molar-refractivity contribution is -0.150. The number of ether oxygens (including phenoxy) is 2. The smallest absolute Gasteiger partial charge is 0.338 e. The Morgan fingerprint density at radius 1 is 1.21 bits per heavy atom. The first-order valence-electron chi connectivity index (χ1n) is 11.0. The molecule has 1 aromatic carbocycles. The fraction of sp³-hybridized carbons (Fsp3) is 0.480. The molecule has 2 aliphatic rings. The molecule has 3 rings (SSSR count). The molecule has 0 spiro atoms. The highest BCUT2D eigenvalue weighted by Crippen LogP contribution is 2.46. The number of carbonyl (C=O) groups is 2. The summed E-state index contributed by atoms with van der Waals surface area (Å²) in [7, 11) is 1.60. The molecule has 1 atom stereocenters. The Labute approximate surface area is 200 Å². The minimum atomic E-state index is -0.639. The lowest BCUT2D eigenvalue weighted by Gasteiger charge is -2.37. The molecular weight excluding hydrogens is 438 g/mol. The van der Waals surface area contributed by atoms with E-state index in [1.165, 1.54) is 11.8 Å². The normalized spacial score (nSPS) is 18.0. The van der Waals surface area contributed by atoms with E-state index in [0.717, 1.165) is 27.6 Å². The van der Waals surface area contributed by atoms with Crippen LogP contribution in [-0.2, 0) is 19.1 Å². The number of carbonyl (C=O) groups excluding carboxylic acids is 2. The van der Waals surface area contributed by atoms with Gasteiger partial charge in [0.25, 0.3) is 0 Å². The fourth-order valence-electron chi connectivity index (χ4n) is 3.83. The van der Waals surface area contributed by atoms with E-state index >= 15 is 0 Å². The highest BCUT2D eigenvalue weighted by atomic mass is 32.2. The lowest BCUT2D eigenvalue weighted by atomic mass is 9.89. The Morgan fingerprint density at radius 2 is 1.94 bits per heavy atom. The molecule has 1 N–H and O–H groups in total. The van der Waals surface area contributed by atoms with E-state index in [9.17, 15) is 9.59 Å². The van der Waals surface area contributed by atoms with Crippen LogP contribution in [0.4, 0.5) is 0 Å². The van der Waals surface area contributed by atoms with Crippen LogP contribution in [-0.4, -0.2) is 47.8 Å². The Bertz CT molecular complexity index is 1040. The minimum absolute atomic E-state index is 0.107. The molecule has 0 bridgehead atoms. The SMILES string of the molecule is COCCNC(=O)CC1=CSC2=NC(C)=C(C(=O)OC(C)(C)C)C(c3cc(C)ccc3C)N12. The van der Waals surface area contributed by atoms with Crippen LogP contribution in [0.1, 0.15) is 56.8 Å². The summed E-state index contributed by atoms with van der Waals surface area (Å²) in [6.45, 7) is 12.4. The van der Waals surface area contributed by atoms with Gasteiger partial charge in [0.2, 0.25) is 5.91 Å². The molecule has 2 aliphatic heterocycles. The second-order valence-corrected chi connectivity index (χ2v) is 10.1. The number of thioether (sulfide) groups is 1. The maximum Gasteiger partial charge on any atom is 0.338 e. The summed E-state index contributed by atoms with van der Waals surface area (Å²) >= 11 is 1.47. The van der Waals surface area contributed by atoms with Crippen LogP contribution in [0.15, 0.2) is 45.6 Å². The molecule has 0 radical (unpaired) electrons. The van der Waals surface area contributed by atoms with Crippen molar-refractivity contribution in [1.29, 1.82) is 0 Å². The van der Waals surface area contributed by atoms with Crippen molar-refractivity contribution >= 4 is 28.8 Å². The van der Waals surface area contributed by atoms with Gasteiger partial charge in [-0.25, -0.2) is 9.79 Å². The molecule has 33 heavy (non-hydrogen) atoms. The first-order valence-corrected chi connectivity index (χ1v) is 11.9. The van der Waals surface area contributed by atoms with Crippen molar-refractivity contribution < 1.29 is 19.1 Å². The van der Waals surface area contributed by atoms with Crippen LogP contribution in [0.25, 0.3) is 0 Å². The molecule has 0 fully saturated rings. The summed E-state index contributed by atoms with van der Waals surface area (Å²) in [6.07, 6.45) is 0.178. The van der Waals surface area contributed by atoms with Crippen LogP contribution in [0, 0.1) is 13.8 Å². The summed E-state index contributed by atoms with van der Waals surface area (Å²) in [4.78, 5) is 32.7. The Kier molecular flexibility index (Phi) is 7.69. The van der Waals surface area contributed by atoms with Gasteiger partial charge in [-0.3, -0.25) is 4.79 Å². The number of nitrogens with one attached hydrogen (secondary N) is 1. The number of esters is 1. The highest BCUT2D eigenvalue weighted by molar-refractivity contribution is 8.16.